The first-order chi connectivity index (χ1) is 14.9. The molecule has 0 radical (unpaired) electrons. The van der Waals surface area contributed by atoms with Crippen molar-refractivity contribution < 1.29 is 9.59 Å². The summed E-state index contributed by atoms with van der Waals surface area (Å²) >= 11 is 0. The van der Waals surface area contributed by atoms with Crippen LogP contribution in [0.5, 0.6) is 0 Å². The molecular formula is C20H24N8O3. The molecule has 0 saturated carbocycles. The highest BCUT2D eigenvalue weighted by molar-refractivity contribution is 5.94. The second-order valence-electron chi connectivity index (χ2n) is 7.00. The topological polar surface area (TPSA) is 168 Å². The molecule has 0 saturated heterocycles. The Hall–Kier alpha value is -4.02. The number of rotatable bonds is 8. The van der Waals surface area contributed by atoms with E-state index in [2.05, 4.69) is 35.9 Å². The van der Waals surface area contributed by atoms with E-state index in [0.717, 1.165) is 5.69 Å². The fourth-order valence-electron chi connectivity index (χ4n) is 2.84. The highest BCUT2D eigenvalue weighted by Crippen LogP contribution is 2.12. The van der Waals surface area contributed by atoms with Crippen LogP contribution in [0.3, 0.4) is 0 Å². The number of nitrogens with zero attached hydrogens (tertiary/aromatic N) is 3. The Balaban J connectivity index is 1.57. The van der Waals surface area contributed by atoms with E-state index < -0.39 is 5.56 Å². The first kappa shape index (κ1) is 21.7. The molecule has 3 aromatic rings. The third kappa shape index (κ3) is 5.75. The first-order valence-corrected chi connectivity index (χ1v) is 9.72. The standard InChI is InChI=1S/C20H24N8O3/c1-11(3-8-15(29)22-2)25-18(30)12-4-6-13(7-5-12)23-9-14-10-24-17-16(26-14)19(31)28-20(21)27-17/h4-7,10-11,23H,3,8-9H2,1-2H3,(H,22,29)(H,25,30)(H3,21,24,27,28,31)/t11-/m0/s1. The van der Waals surface area contributed by atoms with Crippen LogP contribution in [0.2, 0.25) is 0 Å². The smallest absolute Gasteiger partial charge is 0.280 e. The van der Waals surface area contributed by atoms with E-state index in [0.29, 0.717) is 30.6 Å². The highest BCUT2D eigenvalue weighted by Gasteiger charge is 2.11. The summed E-state index contributed by atoms with van der Waals surface area (Å²) < 4.78 is 0. The Labute approximate surface area is 177 Å². The molecule has 2 heterocycles. The maximum Gasteiger partial charge on any atom is 0.280 e. The predicted molar refractivity (Wildman–Crippen MR) is 116 cm³/mol. The second-order valence-corrected chi connectivity index (χ2v) is 7.00. The number of benzene rings is 1. The zero-order valence-corrected chi connectivity index (χ0v) is 17.2. The maximum absolute atomic E-state index is 12.3. The molecule has 0 fully saturated rings. The van der Waals surface area contributed by atoms with Crippen LogP contribution in [0.15, 0.2) is 35.3 Å². The molecule has 1 aromatic carbocycles. The Kier molecular flexibility index (Phi) is 6.75. The van der Waals surface area contributed by atoms with Gasteiger partial charge in [-0.3, -0.25) is 19.4 Å². The Morgan fingerprint density at radius 1 is 1.19 bits per heavy atom. The van der Waals surface area contributed by atoms with Crippen molar-refractivity contribution in [3.8, 4) is 0 Å². The molecule has 31 heavy (non-hydrogen) atoms. The van der Waals surface area contributed by atoms with Gasteiger partial charge >= 0.3 is 0 Å². The number of aromatic amines is 1. The van der Waals surface area contributed by atoms with Crippen LogP contribution in [0.4, 0.5) is 11.6 Å². The molecular weight excluding hydrogens is 400 g/mol. The van der Waals surface area contributed by atoms with Gasteiger partial charge in [-0.2, -0.15) is 4.98 Å². The molecule has 0 bridgehead atoms. The number of anilines is 2. The van der Waals surface area contributed by atoms with Crippen LogP contribution in [-0.4, -0.2) is 44.8 Å². The number of carbonyl (C=O) groups excluding carboxylic acids is 2. The van der Waals surface area contributed by atoms with Crippen molar-refractivity contribution in [2.75, 3.05) is 18.1 Å². The minimum absolute atomic E-state index is 0.0114. The molecule has 1 atom stereocenters. The fraction of sp³-hybridized carbons (Fsp3) is 0.300. The van der Waals surface area contributed by atoms with E-state index in [-0.39, 0.29) is 35.0 Å². The minimum Gasteiger partial charge on any atom is -0.379 e. The molecule has 3 rings (SSSR count). The van der Waals surface area contributed by atoms with Gasteiger partial charge in [-0.15, -0.1) is 0 Å². The molecule has 0 unspecified atom stereocenters. The van der Waals surface area contributed by atoms with Crippen molar-refractivity contribution in [3.63, 3.8) is 0 Å². The first-order valence-electron chi connectivity index (χ1n) is 9.72. The third-order valence-corrected chi connectivity index (χ3v) is 4.57. The lowest BCUT2D eigenvalue weighted by Gasteiger charge is -2.14. The summed E-state index contributed by atoms with van der Waals surface area (Å²) in [6.45, 7) is 2.19. The largest absolute Gasteiger partial charge is 0.379 e. The average molecular weight is 424 g/mol. The summed E-state index contributed by atoms with van der Waals surface area (Å²) in [5, 5.41) is 8.60. The lowest BCUT2D eigenvalue weighted by molar-refractivity contribution is -0.120. The fourth-order valence-corrected chi connectivity index (χ4v) is 2.84. The van der Waals surface area contributed by atoms with Gasteiger partial charge < -0.3 is 21.7 Å². The number of carbonyl (C=O) groups is 2. The number of H-pyrrole nitrogens is 1. The number of fused-ring (bicyclic) bond motifs is 1. The Morgan fingerprint density at radius 2 is 1.94 bits per heavy atom. The lowest BCUT2D eigenvalue weighted by atomic mass is 10.1. The Morgan fingerprint density at radius 3 is 2.65 bits per heavy atom. The van der Waals surface area contributed by atoms with Gasteiger partial charge in [-0.25, -0.2) is 9.97 Å². The molecule has 0 aliphatic carbocycles. The van der Waals surface area contributed by atoms with E-state index >= 15 is 0 Å². The SMILES string of the molecule is CNC(=O)CC[C@H](C)NC(=O)c1ccc(NCc2cnc3nc(N)[nH]c(=O)c3n2)cc1. The molecule has 2 amide bonds. The van der Waals surface area contributed by atoms with E-state index in [1.165, 1.54) is 6.20 Å². The number of nitrogens with one attached hydrogen (secondary N) is 4. The van der Waals surface area contributed by atoms with Crippen LogP contribution in [-0.2, 0) is 11.3 Å². The number of hydrogen-bond donors (Lipinski definition) is 5. The summed E-state index contributed by atoms with van der Waals surface area (Å²) in [6.07, 6.45) is 2.43. The van der Waals surface area contributed by atoms with Crippen LogP contribution >= 0.6 is 0 Å². The van der Waals surface area contributed by atoms with Gasteiger partial charge in [0.2, 0.25) is 11.9 Å². The van der Waals surface area contributed by atoms with Gasteiger partial charge in [0.25, 0.3) is 11.5 Å². The van der Waals surface area contributed by atoms with E-state index in [9.17, 15) is 14.4 Å². The second kappa shape index (κ2) is 9.65. The normalized spacial score (nSPS) is 11.7. The van der Waals surface area contributed by atoms with Gasteiger partial charge in [0.1, 0.15) is 0 Å². The molecule has 0 aliphatic heterocycles. The number of hydrogen-bond acceptors (Lipinski definition) is 8. The number of amides is 2. The number of nitrogen functional groups attached to an aromatic ring is 1. The van der Waals surface area contributed by atoms with Crippen molar-refractivity contribution in [1.29, 1.82) is 0 Å². The zero-order valence-electron chi connectivity index (χ0n) is 17.2. The highest BCUT2D eigenvalue weighted by atomic mass is 16.2. The Bertz CT molecular complexity index is 1140. The quantitative estimate of drug-likeness (QED) is 0.349. The molecule has 6 N–H and O–H groups in total. The summed E-state index contributed by atoms with van der Waals surface area (Å²) in [5.74, 6) is -0.275. The van der Waals surface area contributed by atoms with Gasteiger partial charge in [0.15, 0.2) is 11.2 Å². The van der Waals surface area contributed by atoms with Crippen molar-refractivity contribution in [2.24, 2.45) is 0 Å². The van der Waals surface area contributed by atoms with Gasteiger partial charge in [-0.05, 0) is 37.6 Å². The molecule has 2 aromatic heterocycles. The van der Waals surface area contributed by atoms with Crippen LogP contribution in [0.1, 0.15) is 35.8 Å². The monoisotopic (exact) mass is 424 g/mol. The lowest BCUT2D eigenvalue weighted by Crippen LogP contribution is -2.33. The zero-order chi connectivity index (χ0) is 22.4. The summed E-state index contributed by atoms with van der Waals surface area (Å²) in [6, 6.07) is 6.82. The molecule has 0 spiro atoms. The molecule has 0 aliphatic rings. The van der Waals surface area contributed by atoms with Gasteiger partial charge in [0, 0.05) is 30.8 Å². The summed E-state index contributed by atoms with van der Waals surface area (Å²) in [4.78, 5) is 50.3. The van der Waals surface area contributed by atoms with Crippen molar-refractivity contribution >= 4 is 34.6 Å². The van der Waals surface area contributed by atoms with Crippen molar-refractivity contribution in [2.45, 2.75) is 32.4 Å². The molecule has 162 valence electrons. The van der Waals surface area contributed by atoms with E-state index in [4.69, 9.17) is 5.73 Å². The predicted octanol–water partition coefficient (Wildman–Crippen LogP) is 0.552. The van der Waals surface area contributed by atoms with E-state index in [1.54, 1.807) is 31.3 Å². The van der Waals surface area contributed by atoms with Crippen LogP contribution in [0.25, 0.3) is 11.2 Å². The van der Waals surface area contributed by atoms with Crippen LogP contribution in [0, 0.1) is 0 Å². The number of aromatic nitrogens is 4. The van der Waals surface area contributed by atoms with Crippen molar-refractivity contribution in [3.05, 3.63) is 52.1 Å². The summed E-state index contributed by atoms with van der Waals surface area (Å²) in [7, 11) is 1.58. The van der Waals surface area contributed by atoms with Gasteiger partial charge in [0.05, 0.1) is 18.4 Å². The third-order valence-electron chi connectivity index (χ3n) is 4.57. The van der Waals surface area contributed by atoms with Crippen molar-refractivity contribution in [1.82, 2.24) is 30.6 Å². The average Bonchev–Trinajstić information content (AvgIpc) is 2.76. The molecule has 11 nitrogen and oxygen atoms in total. The van der Waals surface area contributed by atoms with Gasteiger partial charge in [-0.1, -0.05) is 0 Å². The maximum atomic E-state index is 12.3. The summed E-state index contributed by atoms with van der Waals surface area (Å²) in [5.41, 5.74) is 7.19. The van der Waals surface area contributed by atoms with Crippen LogP contribution < -0.4 is 27.2 Å². The van der Waals surface area contributed by atoms with E-state index in [1.807, 2.05) is 6.92 Å². The number of nitrogens with two attached hydrogens (primary N) is 1. The molecule has 11 heteroatoms. The minimum atomic E-state index is -0.447.